The highest BCUT2D eigenvalue weighted by Gasteiger charge is 2.20. The summed E-state index contributed by atoms with van der Waals surface area (Å²) in [6.45, 7) is 3.64. The Bertz CT molecular complexity index is 395. The quantitative estimate of drug-likeness (QED) is 0.611. The largest absolute Gasteiger partial charge is 0.312 e. The summed E-state index contributed by atoms with van der Waals surface area (Å²) in [6, 6.07) is 8.31. The molecule has 0 fully saturated rings. The number of carbonyl (C=O) groups is 1. The minimum atomic E-state index is 0.0863. The third kappa shape index (κ3) is 1.33. The van der Waals surface area contributed by atoms with Gasteiger partial charge in [-0.3, -0.25) is 4.79 Å². The van der Waals surface area contributed by atoms with Crippen molar-refractivity contribution in [1.82, 2.24) is 4.90 Å². The van der Waals surface area contributed by atoms with Gasteiger partial charge in [-0.15, -0.1) is 0 Å². The molecule has 14 heavy (non-hydrogen) atoms. The van der Waals surface area contributed by atoms with E-state index >= 15 is 0 Å². The molecule has 1 unspecified atom stereocenters. The molecular weight excluding hydrogens is 174 g/mol. The van der Waals surface area contributed by atoms with Crippen molar-refractivity contribution in [3.63, 3.8) is 0 Å². The molecule has 2 rings (SSSR count). The molecule has 2 nitrogen and oxygen atoms in total. The zero-order chi connectivity index (χ0) is 10.1. The summed E-state index contributed by atoms with van der Waals surface area (Å²) in [5.74, 6) is 0.0863. The lowest BCUT2D eigenvalue weighted by Gasteiger charge is -2.29. The fourth-order valence-corrected chi connectivity index (χ4v) is 1.86. The molecule has 0 N–H and O–H groups in total. The van der Waals surface area contributed by atoms with Crippen LogP contribution in [0.3, 0.4) is 0 Å². The first-order valence-electron chi connectivity index (χ1n) is 4.76. The van der Waals surface area contributed by atoms with Crippen molar-refractivity contribution in [3.05, 3.63) is 41.6 Å². The first-order chi connectivity index (χ1) is 6.70. The minimum absolute atomic E-state index is 0.0863. The molecule has 1 heterocycles. The van der Waals surface area contributed by atoms with Crippen molar-refractivity contribution in [2.24, 2.45) is 0 Å². The lowest BCUT2D eigenvalue weighted by atomic mass is 9.97. The number of amides is 1. The predicted molar refractivity (Wildman–Crippen MR) is 56.4 cm³/mol. The van der Waals surface area contributed by atoms with E-state index in [1.165, 1.54) is 11.1 Å². The van der Waals surface area contributed by atoms with Crippen LogP contribution in [0.25, 0.3) is 6.08 Å². The number of carbonyl (C=O) groups excluding carboxylic acids is 1. The van der Waals surface area contributed by atoms with Crippen LogP contribution >= 0.6 is 0 Å². The Morgan fingerprint density at radius 2 is 2.07 bits per heavy atom. The Hall–Kier alpha value is -1.57. The van der Waals surface area contributed by atoms with Crippen molar-refractivity contribution in [2.45, 2.75) is 19.9 Å². The molecule has 2 heteroatoms. The fraction of sp³-hybridized carbons (Fsp3) is 0.250. The van der Waals surface area contributed by atoms with Crippen LogP contribution in [0.1, 0.15) is 31.0 Å². The van der Waals surface area contributed by atoms with Gasteiger partial charge in [0.2, 0.25) is 5.91 Å². The molecule has 0 spiro atoms. The number of nitrogens with zero attached hydrogens (tertiary/aromatic N) is 1. The van der Waals surface area contributed by atoms with Crippen LogP contribution in [0.2, 0.25) is 0 Å². The fourth-order valence-electron chi connectivity index (χ4n) is 1.86. The highest BCUT2D eigenvalue weighted by Crippen LogP contribution is 2.29. The first-order valence-corrected chi connectivity index (χ1v) is 4.76. The summed E-state index contributed by atoms with van der Waals surface area (Å²) in [4.78, 5) is 13.0. The maximum atomic E-state index is 11.3. The third-order valence-corrected chi connectivity index (χ3v) is 2.64. The van der Waals surface area contributed by atoms with Gasteiger partial charge >= 0.3 is 0 Å². The van der Waals surface area contributed by atoms with Gasteiger partial charge in [0.1, 0.15) is 0 Å². The zero-order valence-electron chi connectivity index (χ0n) is 8.40. The summed E-state index contributed by atoms with van der Waals surface area (Å²) in [7, 11) is 0. The normalized spacial score (nSPS) is 19.3. The minimum Gasteiger partial charge on any atom is -0.312 e. The average Bonchev–Trinajstić information content (AvgIpc) is 2.18. The molecule has 1 aromatic rings. The molecule has 1 aromatic carbocycles. The third-order valence-electron chi connectivity index (χ3n) is 2.64. The second-order valence-corrected chi connectivity index (χ2v) is 3.55. The molecular formula is C12H13NO. The van der Waals surface area contributed by atoms with E-state index in [1.807, 2.05) is 31.3 Å². The molecule has 0 saturated carbocycles. The van der Waals surface area contributed by atoms with Gasteiger partial charge < -0.3 is 4.90 Å². The Balaban J connectivity index is 2.44. The van der Waals surface area contributed by atoms with E-state index in [0.29, 0.717) is 0 Å². The van der Waals surface area contributed by atoms with E-state index in [4.69, 9.17) is 0 Å². The lowest BCUT2D eigenvalue weighted by molar-refractivity contribution is -0.128. The van der Waals surface area contributed by atoms with Gasteiger partial charge in [0.05, 0.1) is 6.04 Å². The van der Waals surface area contributed by atoms with Crippen LogP contribution in [-0.4, -0.2) is 10.8 Å². The van der Waals surface area contributed by atoms with Gasteiger partial charge in [-0.1, -0.05) is 24.3 Å². The summed E-state index contributed by atoms with van der Waals surface area (Å²) in [5, 5.41) is 0. The second kappa shape index (κ2) is 3.29. The number of hydrogen-bond acceptors (Lipinski definition) is 1. The Morgan fingerprint density at radius 3 is 2.79 bits per heavy atom. The maximum Gasteiger partial charge on any atom is 0.223 e. The van der Waals surface area contributed by atoms with Gasteiger partial charge in [-0.2, -0.15) is 0 Å². The van der Waals surface area contributed by atoms with Crippen molar-refractivity contribution >= 4 is 12.0 Å². The molecule has 0 saturated heterocycles. The Labute approximate surface area is 83.8 Å². The smallest absolute Gasteiger partial charge is 0.223 e. The second-order valence-electron chi connectivity index (χ2n) is 3.55. The van der Waals surface area contributed by atoms with E-state index in [0.717, 1.165) is 0 Å². The van der Waals surface area contributed by atoms with Crippen molar-refractivity contribution in [2.75, 3.05) is 0 Å². The monoisotopic (exact) mass is 187 g/mol. The van der Waals surface area contributed by atoms with Crippen LogP contribution in [0, 0.1) is 0 Å². The van der Waals surface area contributed by atoms with Crippen LogP contribution in [-0.2, 0) is 4.79 Å². The topological polar surface area (TPSA) is 20.3 Å². The highest BCUT2D eigenvalue weighted by atomic mass is 16.2. The molecule has 0 aliphatic carbocycles. The number of hydrogen-bond donors (Lipinski definition) is 0. The molecule has 0 bridgehead atoms. The van der Waals surface area contributed by atoms with Gasteiger partial charge in [0.25, 0.3) is 0 Å². The van der Waals surface area contributed by atoms with Crippen LogP contribution in [0.15, 0.2) is 30.5 Å². The lowest BCUT2D eigenvalue weighted by Crippen LogP contribution is -2.28. The summed E-state index contributed by atoms with van der Waals surface area (Å²) < 4.78 is 0. The summed E-state index contributed by atoms with van der Waals surface area (Å²) >= 11 is 0. The van der Waals surface area contributed by atoms with Crippen molar-refractivity contribution < 1.29 is 4.79 Å². The molecule has 0 aromatic heterocycles. The predicted octanol–water partition coefficient (Wildman–Crippen LogP) is 2.58. The molecule has 1 atom stereocenters. The maximum absolute atomic E-state index is 11.3. The van der Waals surface area contributed by atoms with Gasteiger partial charge in [0, 0.05) is 13.1 Å². The van der Waals surface area contributed by atoms with E-state index in [2.05, 4.69) is 12.1 Å². The van der Waals surface area contributed by atoms with Gasteiger partial charge in [-0.25, -0.2) is 0 Å². The molecule has 0 radical (unpaired) electrons. The van der Waals surface area contributed by atoms with E-state index in [1.54, 1.807) is 11.8 Å². The summed E-state index contributed by atoms with van der Waals surface area (Å²) in [6.07, 6.45) is 3.84. The molecule has 1 aliphatic rings. The van der Waals surface area contributed by atoms with Gasteiger partial charge in [-0.05, 0) is 24.1 Å². The number of rotatable bonds is 0. The van der Waals surface area contributed by atoms with Crippen LogP contribution < -0.4 is 0 Å². The van der Waals surface area contributed by atoms with Crippen LogP contribution in [0.4, 0.5) is 0 Å². The van der Waals surface area contributed by atoms with E-state index in [-0.39, 0.29) is 11.9 Å². The SMILES string of the molecule is CC(=O)N1C=Cc2ccccc2C1C. The van der Waals surface area contributed by atoms with Gasteiger partial charge in [0.15, 0.2) is 0 Å². The Kier molecular flexibility index (Phi) is 2.12. The zero-order valence-corrected chi connectivity index (χ0v) is 8.40. The standard InChI is InChI=1S/C12H13NO/c1-9-12-6-4-3-5-11(12)7-8-13(9)10(2)14/h3-9H,1-2H3. The molecule has 1 amide bonds. The average molecular weight is 187 g/mol. The van der Waals surface area contributed by atoms with E-state index in [9.17, 15) is 4.79 Å². The number of benzene rings is 1. The van der Waals surface area contributed by atoms with Crippen LogP contribution in [0.5, 0.6) is 0 Å². The van der Waals surface area contributed by atoms with E-state index < -0.39 is 0 Å². The van der Waals surface area contributed by atoms with Crippen molar-refractivity contribution in [3.8, 4) is 0 Å². The number of fused-ring (bicyclic) bond motifs is 1. The molecule has 1 aliphatic heterocycles. The summed E-state index contributed by atoms with van der Waals surface area (Å²) in [5.41, 5.74) is 2.42. The molecule has 72 valence electrons. The highest BCUT2D eigenvalue weighted by molar-refractivity contribution is 5.77. The van der Waals surface area contributed by atoms with Crippen molar-refractivity contribution in [1.29, 1.82) is 0 Å². The Morgan fingerprint density at radius 1 is 1.36 bits per heavy atom. The first kappa shape index (κ1) is 9.00.